The molecular weight excluding hydrogens is 588 g/mol. The maximum Gasteiger partial charge on any atom is 0.409 e. The molecule has 6 atom stereocenters. The molecule has 1 aromatic rings. The van der Waals surface area contributed by atoms with Gasteiger partial charge in [-0.25, -0.2) is 9.48 Å². The topological polar surface area (TPSA) is 187 Å². The van der Waals surface area contributed by atoms with Crippen LogP contribution in [0.2, 0.25) is 0 Å². The van der Waals surface area contributed by atoms with Crippen molar-refractivity contribution in [1.29, 1.82) is 0 Å². The van der Waals surface area contributed by atoms with E-state index in [4.69, 9.17) is 4.74 Å². The Labute approximate surface area is 265 Å². The summed E-state index contributed by atoms with van der Waals surface area (Å²) < 4.78 is 18.8. The number of aliphatic hydroxyl groups excluding tert-OH is 1. The lowest BCUT2D eigenvalue weighted by Gasteiger charge is -2.30. The van der Waals surface area contributed by atoms with Gasteiger partial charge in [0.15, 0.2) is 12.8 Å². The summed E-state index contributed by atoms with van der Waals surface area (Å²) in [5.41, 5.74) is 1.56. The number of amides is 4. The molecule has 0 aliphatic heterocycles. The summed E-state index contributed by atoms with van der Waals surface area (Å²) >= 11 is -1.44. The van der Waals surface area contributed by atoms with Crippen LogP contribution in [0.5, 0.6) is 0 Å². The smallest absolute Gasteiger partial charge is 0.409 e. The van der Waals surface area contributed by atoms with Gasteiger partial charge in [-0.15, -0.1) is 0 Å². The van der Waals surface area contributed by atoms with Crippen LogP contribution >= 0.6 is 0 Å². The van der Waals surface area contributed by atoms with Crippen LogP contribution in [-0.2, 0) is 37.0 Å². The Hall–Kier alpha value is -2.84. The highest BCUT2D eigenvalue weighted by Gasteiger charge is 2.33. The first-order valence-corrected chi connectivity index (χ1v) is 16.9. The lowest BCUT2D eigenvalue weighted by atomic mass is 9.91. The van der Waals surface area contributed by atoms with Gasteiger partial charge in [-0.05, 0) is 50.5 Å². The zero-order chi connectivity index (χ0) is 33.7. The number of nitrogens with zero attached hydrogens (tertiary/aromatic N) is 2. The van der Waals surface area contributed by atoms with Gasteiger partial charge in [0.1, 0.15) is 11.8 Å². The van der Waals surface area contributed by atoms with Gasteiger partial charge in [0.2, 0.25) is 17.7 Å². The van der Waals surface area contributed by atoms with E-state index in [9.17, 15) is 28.8 Å². The molecule has 0 aliphatic carbocycles. The number of hydrogen-bond donors (Lipinski definition) is 5. The maximum absolute atomic E-state index is 13.3. The van der Waals surface area contributed by atoms with E-state index in [2.05, 4.69) is 26.4 Å². The van der Waals surface area contributed by atoms with Crippen LogP contribution in [0, 0.1) is 37.5 Å². The molecule has 0 bridgehead atoms. The largest absolute Gasteiger partial charge is 0.616 e. The summed E-state index contributed by atoms with van der Waals surface area (Å²) in [7, 11) is 0. The molecule has 0 spiro atoms. The van der Waals surface area contributed by atoms with Crippen LogP contribution < -0.4 is 21.3 Å². The van der Waals surface area contributed by atoms with Crippen molar-refractivity contribution in [1.82, 2.24) is 31.0 Å². The lowest BCUT2D eigenvalue weighted by molar-refractivity contribution is -0.132. The molecule has 1 rings (SSSR count). The fraction of sp³-hybridized carbons (Fsp3) is 0.767. The maximum atomic E-state index is 13.3. The molecule has 0 aliphatic rings. The highest BCUT2D eigenvalue weighted by atomic mass is 32.2. The molecule has 1 unspecified atom stereocenters. The molecule has 0 radical (unpaired) electrons. The second kappa shape index (κ2) is 18.8. The van der Waals surface area contributed by atoms with Gasteiger partial charge in [-0.2, -0.15) is 5.10 Å². The molecule has 0 aromatic carbocycles. The number of alkyl carbamates (subject to hydrolysis) is 1. The minimum absolute atomic E-state index is 0.0183. The van der Waals surface area contributed by atoms with Crippen molar-refractivity contribution in [2.24, 2.45) is 23.7 Å². The van der Waals surface area contributed by atoms with Crippen molar-refractivity contribution in [3.05, 3.63) is 17.5 Å². The summed E-state index contributed by atoms with van der Waals surface area (Å²) in [6.07, 6.45) is -0.175. The van der Waals surface area contributed by atoms with Gasteiger partial charge in [0, 0.05) is 18.2 Å². The van der Waals surface area contributed by atoms with Crippen molar-refractivity contribution >= 4 is 35.0 Å². The Kier molecular flexibility index (Phi) is 16.8. The van der Waals surface area contributed by atoms with Gasteiger partial charge in [-0.3, -0.25) is 14.4 Å². The van der Waals surface area contributed by atoms with E-state index in [0.29, 0.717) is 13.0 Å². The standard InChI is InChI=1S/C30H54N6O7S/c1-17(2)11-23(25(37)12-20(7)27(38)34-26(19(5)6)29(40)31-14-18(3)4)32-28(39)24(15-44(10)42)33-30(41)43-16-36-22(9)13-21(8)35-36/h13,17-20,23-26,37H,11-12,14-16H2,1-10H3,(H,31,40)(H,32,39)(H,33,41)(H,34,38)/t20-,23+,24+,25+,26+,44?/m1/s1. The lowest BCUT2D eigenvalue weighted by Crippen LogP contribution is -2.55. The van der Waals surface area contributed by atoms with Gasteiger partial charge in [0.05, 0.1) is 24.1 Å². The van der Waals surface area contributed by atoms with Crippen LogP contribution in [0.1, 0.15) is 72.7 Å². The average Bonchev–Trinajstić information content (AvgIpc) is 3.23. The van der Waals surface area contributed by atoms with Crippen LogP contribution in [0.3, 0.4) is 0 Å². The van der Waals surface area contributed by atoms with Crippen molar-refractivity contribution in [2.75, 3.05) is 18.6 Å². The minimum atomic E-state index is -1.44. The van der Waals surface area contributed by atoms with Crippen molar-refractivity contribution < 1.29 is 33.6 Å². The normalized spacial score (nSPS) is 15.7. The fourth-order valence-electron chi connectivity index (χ4n) is 4.51. The molecular formula is C30H54N6O7S. The quantitative estimate of drug-likeness (QED) is 0.150. The SMILES string of the molecule is Cc1cc(C)n(COC(=O)N[C@@H](C[S+](C)[O-])C(=O)N[C@@H](CC(C)C)[C@@H](O)C[C@@H](C)C(=O)N[C@H](C(=O)NCC(C)C)C(C)C)n1. The minimum Gasteiger partial charge on any atom is -0.616 e. The Balaban J connectivity index is 2.90. The zero-order valence-electron chi connectivity index (χ0n) is 27.9. The summed E-state index contributed by atoms with van der Waals surface area (Å²) in [5, 5.41) is 26.3. The molecule has 5 N–H and O–H groups in total. The predicted octanol–water partition coefficient (Wildman–Crippen LogP) is 1.76. The Morgan fingerprint density at radius 1 is 0.955 bits per heavy atom. The van der Waals surface area contributed by atoms with Crippen molar-refractivity contribution in [3.63, 3.8) is 0 Å². The number of aromatic nitrogens is 2. The Morgan fingerprint density at radius 2 is 1.59 bits per heavy atom. The third kappa shape index (κ3) is 14.3. The molecule has 14 heteroatoms. The third-order valence-corrected chi connectivity index (χ3v) is 7.73. The number of carbonyl (C=O) groups excluding carboxylic acids is 4. The van der Waals surface area contributed by atoms with Gasteiger partial charge >= 0.3 is 6.09 Å². The van der Waals surface area contributed by atoms with Crippen LogP contribution in [0.4, 0.5) is 4.79 Å². The number of aryl methyl sites for hydroxylation is 2. The molecule has 0 saturated carbocycles. The zero-order valence-corrected chi connectivity index (χ0v) is 28.7. The van der Waals surface area contributed by atoms with Gasteiger partial charge in [0.25, 0.3) is 0 Å². The first-order chi connectivity index (χ1) is 20.4. The van der Waals surface area contributed by atoms with E-state index in [1.165, 1.54) is 10.9 Å². The van der Waals surface area contributed by atoms with E-state index >= 15 is 0 Å². The third-order valence-electron chi connectivity index (χ3n) is 6.92. The molecule has 1 aromatic heterocycles. The van der Waals surface area contributed by atoms with E-state index in [0.717, 1.165) is 11.4 Å². The second-order valence-corrected chi connectivity index (χ2v) is 14.2. The van der Waals surface area contributed by atoms with Crippen molar-refractivity contribution in [2.45, 2.75) is 106 Å². The molecule has 0 fully saturated rings. The summed E-state index contributed by atoms with van der Waals surface area (Å²) in [5.74, 6) is -1.93. The number of carbonyl (C=O) groups is 4. The Bertz CT molecular complexity index is 1080. The molecule has 0 saturated heterocycles. The summed E-state index contributed by atoms with van der Waals surface area (Å²) in [6, 6.07) is -0.842. The molecule has 1 heterocycles. The van der Waals surface area contributed by atoms with E-state index in [-0.39, 0.29) is 48.5 Å². The number of rotatable bonds is 18. The van der Waals surface area contributed by atoms with Crippen LogP contribution in [0.25, 0.3) is 0 Å². The van der Waals surface area contributed by atoms with Crippen LogP contribution in [-0.4, -0.2) is 86.0 Å². The number of aliphatic hydroxyl groups is 1. The Morgan fingerprint density at radius 3 is 2.09 bits per heavy atom. The van der Waals surface area contributed by atoms with E-state index in [1.807, 2.05) is 61.5 Å². The van der Waals surface area contributed by atoms with Gasteiger partial charge in [-0.1, -0.05) is 59.6 Å². The number of nitrogens with one attached hydrogen (secondary N) is 4. The van der Waals surface area contributed by atoms with Gasteiger partial charge < -0.3 is 35.7 Å². The first-order valence-electron chi connectivity index (χ1n) is 15.2. The first kappa shape index (κ1) is 39.2. The summed E-state index contributed by atoms with van der Waals surface area (Å²) in [4.78, 5) is 51.6. The predicted molar refractivity (Wildman–Crippen MR) is 170 cm³/mol. The summed E-state index contributed by atoms with van der Waals surface area (Å²) in [6.45, 7) is 17.1. The number of hydrogen-bond acceptors (Lipinski definition) is 8. The molecule has 4 amide bonds. The molecule has 252 valence electrons. The molecule has 44 heavy (non-hydrogen) atoms. The van der Waals surface area contributed by atoms with E-state index < -0.39 is 53.3 Å². The highest BCUT2D eigenvalue weighted by molar-refractivity contribution is 7.90. The second-order valence-electron chi connectivity index (χ2n) is 12.7. The average molecular weight is 643 g/mol. The van der Waals surface area contributed by atoms with Crippen molar-refractivity contribution in [3.8, 4) is 0 Å². The highest BCUT2D eigenvalue weighted by Crippen LogP contribution is 2.17. The fourth-order valence-corrected chi connectivity index (χ4v) is 5.21. The molecule has 13 nitrogen and oxygen atoms in total. The monoisotopic (exact) mass is 642 g/mol. The van der Waals surface area contributed by atoms with Crippen LogP contribution in [0.15, 0.2) is 6.07 Å². The van der Waals surface area contributed by atoms with E-state index in [1.54, 1.807) is 6.92 Å². The number of ether oxygens (including phenoxy) is 1.